The van der Waals surface area contributed by atoms with Crippen LogP contribution in [0.3, 0.4) is 0 Å². The second kappa shape index (κ2) is 7.93. The van der Waals surface area contributed by atoms with Gasteiger partial charge in [-0.2, -0.15) is 0 Å². The first-order chi connectivity index (χ1) is 7.74. The number of aliphatic hydroxyl groups excluding tert-OH is 1. The maximum absolute atomic E-state index is 8.63. The van der Waals surface area contributed by atoms with Gasteiger partial charge < -0.3 is 10.4 Å². The van der Waals surface area contributed by atoms with Crippen LogP contribution in [0.25, 0.3) is 0 Å². The molecule has 0 radical (unpaired) electrons. The predicted octanol–water partition coefficient (Wildman–Crippen LogP) is 4.07. The van der Waals surface area contributed by atoms with Gasteiger partial charge >= 0.3 is 0 Å². The molecule has 0 aliphatic rings. The summed E-state index contributed by atoms with van der Waals surface area (Å²) in [4.78, 5) is 0. The topological polar surface area (TPSA) is 32.3 Å². The molecule has 1 aromatic rings. The third-order valence-electron chi connectivity index (χ3n) is 2.33. The van der Waals surface area contributed by atoms with Crippen molar-refractivity contribution in [1.29, 1.82) is 0 Å². The van der Waals surface area contributed by atoms with Gasteiger partial charge in [-0.15, -0.1) is 0 Å². The van der Waals surface area contributed by atoms with Crippen molar-refractivity contribution in [1.82, 2.24) is 0 Å². The van der Waals surface area contributed by atoms with Crippen molar-refractivity contribution >= 4 is 33.2 Å². The van der Waals surface area contributed by atoms with Crippen LogP contribution >= 0.6 is 27.5 Å². The second-order valence-electron chi connectivity index (χ2n) is 3.69. The number of nitrogens with one attached hydrogen (secondary N) is 1. The quantitative estimate of drug-likeness (QED) is 0.744. The third kappa shape index (κ3) is 5.19. The molecule has 90 valence electrons. The first-order valence-electron chi connectivity index (χ1n) is 5.54. The monoisotopic (exact) mass is 305 g/mol. The maximum Gasteiger partial charge on any atom is 0.0499 e. The molecule has 0 amide bonds. The molecule has 1 aromatic carbocycles. The summed E-state index contributed by atoms with van der Waals surface area (Å²) in [6.07, 6.45) is 4.25. The highest BCUT2D eigenvalue weighted by molar-refractivity contribution is 9.10. The van der Waals surface area contributed by atoms with Crippen molar-refractivity contribution in [3.8, 4) is 0 Å². The van der Waals surface area contributed by atoms with E-state index in [-0.39, 0.29) is 0 Å². The fourth-order valence-corrected chi connectivity index (χ4v) is 2.01. The molecule has 16 heavy (non-hydrogen) atoms. The first-order valence-corrected chi connectivity index (χ1v) is 6.71. The Morgan fingerprint density at radius 1 is 1.19 bits per heavy atom. The number of hydrogen-bond donors (Lipinski definition) is 2. The molecular weight excluding hydrogens is 289 g/mol. The summed E-state index contributed by atoms with van der Waals surface area (Å²) in [5.74, 6) is 0. The molecular formula is C12H17BrClNO. The van der Waals surface area contributed by atoms with Gasteiger partial charge in [-0.1, -0.05) is 24.4 Å². The largest absolute Gasteiger partial charge is 0.396 e. The fraction of sp³-hybridized carbons (Fsp3) is 0.500. The zero-order valence-electron chi connectivity index (χ0n) is 9.18. The molecule has 0 saturated carbocycles. The van der Waals surface area contributed by atoms with E-state index in [9.17, 15) is 0 Å². The average molecular weight is 307 g/mol. The fourth-order valence-electron chi connectivity index (χ4n) is 1.45. The minimum Gasteiger partial charge on any atom is -0.396 e. The van der Waals surface area contributed by atoms with E-state index in [1.165, 1.54) is 0 Å². The highest BCUT2D eigenvalue weighted by Gasteiger charge is 1.99. The molecule has 2 N–H and O–H groups in total. The molecule has 0 spiro atoms. The molecule has 0 unspecified atom stereocenters. The van der Waals surface area contributed by atoms with Gasteiger partial charge in [0.05, 0.1) is 0 Å². The number of anilines is 1. The zero-order chi connectivity index (χ0) is 11.8. The highest BCUT2D eigenvalue weighted by Crippen LogP contribution is 2.25. The third-order valence-corrected chi connectivity index (χ3v) is 3.26. The van der Waals surface area contributed by atoms with Crippen LogP contribution in [0, 0.1) is 0 Å². The van der Waals surface area contributed by atoms with E-state index in [0.29, 0.717) is 6.61 Å². The van der Waals surface area contributed by atoms with Gasteiger partial charge in [-0.3, -0.25) is 0 Å². The Morgan fingerprint density at radius 3 is 2.69 bits per heavy atom. The van der Waals surface area contributed by atoms with Crippen LogP contribution in [0.15, 0.2) is 22.7 Å². The van der Waals surface area contributed by atoms with Crippen molar-refractivity contribution in [2.75, 3.05) is 18.5 Å². The van der Waals surface area contributed by atoms with Gasteiger partial charge in [0.2, 0.25) is 0 Å². The Hall–Kier alpha value is -0.250. The van der Waals surface area contributed by atoms with Gasteiger partial charge in [-0.25, -0.2) is 0 Å². The van der Waals surface area contributed by atoms with Crippen molar-refractivity contribution in [3.05, 3.63) is 27.7 Å². The first kappa shape index (κ1) is 13.8. The van der Waals surface area contributed by atoms with Crippen molar-refractivity contribution in [3.63, 3.8) is 0 Å². The molecule has 0 atom stereocenters. The Kier molecular flexibility index (Phi) is 6.85. The number of rotatable bonds is 7. The summed E-state index contributed by atoms with van der Waals surface area (Å²) in [6.45, 7) is 1.23. The predicted molar refractivity (Wildman–Crippen MR) is 73.2 cm³/mol. The number of benzene rings is 1. The molecule has 0 bridgehead atoms. The summed E-state index contributed by atoms with van der Waals surface area (Å²) in [6, 6.07) is 5.72. The van der Waals surface area contributed by atoms with Crippen LogP contribution in [0.4, 0.5) is 5.69 Å². The van der Waals surface area contributed by atoms with E-state index in [1.807, 2.05) is 18.2 Å². The molecule has 0 aliphatic heterocycles. The lowest BCUT2D eigenvalue weighted by molar-refractivity contribution is 0.283. The molecule has 4 heteroatoms. The van der Waals surface area contributed by atoms with Gasteiger partial charge in [0, 0.05) is 28.3 Å². The normalized spacial score (nSPS) is 10.4. The summed E-state index contributed by atoms with van der Waals surface area (Å²) < 4.78 is 1.03. The van der Waals surface area contributed by atoms with Crippen molar-refractivity contribution in [2.24, 2.45) is 0 Å². The van der Waals surface area contributed by atoms with E-state index in [4.69, 9.17) is 16.7 Å². The van der Waals surface area contributed by atoms with E-state index in [2.05, 4.69) is 21.2 Å². The average Bonchev–Trinajstić information content (AvgIpc) is 2.28. The molecule has 2 nitrogen and oxygen atoms in total. The summed E-state index contributed by atoms with van der Waals surface area (Å²) in [5.41, 5.74) is 1.04. The molecule has 1 rings (SSSR count). The van der Waals surface area contributed by atoms with Crippen molar-refractivity contribution < 1.29 is 5.11 Å². The van der Waals surface area contributed by atoms with Gasteiger partial charge in [0.1, 0.15) is 0 Å². The number of unbranched alkanes of at least 4 members (excludes halogenated alkanes) is 3. The Morgan fingerprint density at radius 2 is 1.94 bits per heavy atom. The van der Waals surface area contributed by atoms with Crippen molar-refractivity contribution in [2.45, 2.75) is 25.7 Å². The maximum atomic E-state index is 8.63. The van der Waals surface area contributed by atoms with E-state index in [1.54, 1.807) is 0 Å². The standard InChI is InChI=1S/C12H17BrClNO/c13-11-6-5-10(14)9-12(11)15-7-3-1-2-4-8-16/h5-6,9,15-16H,1-4,7-8H2. The van der Waals surface area contributed by atoms with E-state index in [0.717, 1.165) is 47.4 Å². The summed E-state index contributed by atoms with van der Waals surface area (Å²) in [7, 11) is 0. The minimum absolute atomic E-state index is 0.299. The lowest BCUT2D eigenvalue weighted by Crippen LogP contribution is -2.02. The van der Waals surface area contributed by atoms with Crippen LogP contribution in [0.1, 0.15) is 25.7 Å². The molecule has 0 fully saturated rings. The Bertz CT molecular complexity index is 320. The van der Waals surface area contributed by atoms with Crippen LogP contribution in [0.2, 0.25) is 5.02 Å². The molecule has 0 aromatic heterocycles. The zero-order valence-corrected chi connectivity index (χ0v) is 11.5. The van der Waals surface area contributed by atoms with Gasteiger partial charge in [-0.05, 0) is 47.0 Å². The van der Waals surface area contributed by atoms with Crippen LogP contribution in [-0.2, 0) is 0 Å². The molecule has 0 aliphatic carbocycles. The lowest BCUT2D eigenvalue weighted by atomic mass is 10.2. The van der Waals surface area contributed by atoms with Gasteiger partial charge in [0.25, 0.3) is 0 Å². The minimum atomic E-state index is 0.299. The van der Waals surface area contributed by atoms with Gasteiger partial charge in [0.15, 0.2) is 0 Å². The highest BCUT2D eigenvalue weighted by atomic mass is 79.9. The Labute approximate surface area is 110 Å². The Balaban J connectivity index is 2.23. The summed E-state index contributed by atoms with van der Waals surface area (Å²) in [5, 5.41) is 12.7. The number of hydrogen-bond acceptors (Lipinski definition) is 2. The second-order valence-corrected chi connectivity index (χ2v) is 4.98. The SMILES string of the molecule is OCCCCCCNc1cc(Cl)ccc1Br. The van der Waals surface area contributed by atoms with Crippen LogP contribution in [-0.4, -0.2) is 18.3 Å². The molecule has 0 saturated heterocycles. The van der Waals surface area contributed by atoms with E-state index >= 15 is 0 Å². The van der Waals surface area contributed by atoms with E-state index < -0.39 is 0 Å². The summed E-state index contributed by atoms with van der Waals surface area (Å²) >= 11 is 9.38. The van der Waals surface area contributed by atoms with Crippen LogP contribution in [0.5, 0.6) is 0 Å². The smallest absolute Gasteiger partial charge is 0.0499 e. The number of halogens is 2. The molecule has 0 heterocycles. The number of aliphatic hydroxyl groups is 1. The lowest BCUT2D eigenvalue weighted by Gasteiger charge is -2.08. The van der Waals surface area contributed by atoms with Crippen LogP contribution < -0.4 is 5.32 Å².